The molecule has 2 heteroatoms. The Morgan fingerprint density at radius 1 is 0.679 bits per heavy atom. The molecule has 0 bridgehead atoms. The zero-order valence-corrected chi connectivity index (χ0v) is 18.5. The molecule has 2 aromatic carbocycles. The van der Waals surface area contributed by atoms with Gasteiger partial charge in [0.2, 0.25) is 0 Å². The Morgan fingerprint density at radius 3 is 1.43 bits per heavy atom. The van der Waals surface area contributed by atoms with Gasteiger partial charge in [0.15, 0.2) is 0 Å². The number of hydrogen-bond donors (Lipinski definition) is 0. The second-order valence-corrected chi connectivity index (χ2v) is 8.65. The predicted molar refractivity (Wildman–Crippen MR) is 124 cm³/mol. The summed E-state index contributed by atoms with van der Waals surface area (Å²) < 4.78 is 0. The number of rotatable bonds is 9. The topological polar surface area (TPSA) is 24.7 Å². The van der Waals surface area contributed by atoms with Crippen LogP contribution < -0.4 is 0 Å². The van der Waals surface area contributed by atoms with E-state index in [2.05, 4.69) is 88.1 Å². The molecule has 0 radical (unpaired) electrons. The van der Waals surface area contributed by atoms with Crippen molar-refractivity contribution in [3.63, 3.8) is 0 Å². The maximum absolute atomic E-state index is 4.41. The summed E-state index contributed by atoms with van der Waals surface area (Å²) in [6.07, 6.45) is 8.40. The Hall–Kier alpha value is -2.22. The lowest BCUT2D eigenvalue weighted by Crippen LogP contribution is -2.00. The molecule has 2 rings (SSSR count). The van der Waals surface area contributed by atoms with Gasteiger partial charge in [-0.1, -0.05) is 64.1 Å². The third-order valence-electron chi connectivity index (χ3n) is 5.25. The van der Waals surface area contributed by atoms with Crippen LogP contribution in [0.4, 0.5) is 0 Å². The molecule has 0 aliphatic carbocycles. The van der Waals surface area contributed by atoms with Crippen LogP contribution in [-0.2, 0) is 12.8 Å². The summed E-state index contributed by atoms with van der Waals surface area (Å²) in [7, 11) is 0. The van der Waals surface area contributed by atoms with Crippen LogP contribution in [-0.4, -0.2) is 12.4 Å². The molecule has 0 spiro atoms. The summed E-state index contributed by atoms with van der Waals surface area (Å²) in [5.74, 6) is 1.40. The number of nitrogens with zero attached hydrogens (tertiary/aromatic N) is 2. The molecule has 0 saturated heterocycles. The lowest BCUT2D eigenvalue weighted by atomic mass is 9.96. The van der Waals surface area contributed by atoms with E-state index in [-0.39, 0.29) is 0 Å². The van der Waals surface area contributed by atoms with Crippen molar-refractivity contribution in [3.05, 3.63) is 69.8 Å². The third kappa shape index (κ3) is 6.74. The lowest BCUT2D eigenvalue weighted by molar-refractivity contribution is 0.586. The molecular weight excluding hydrogens is 340 g/mol. The Labute approximate surface area is 171 Å². The summed E-state index contributed by atoms with van der Waals surface area (Å²) in [6.45, 7) is 13.4. The van der Waals surface area contributed by atoms with Crippen molar-refractivity contribution < 1.29 is 0 Å². The van der Waals surface area contributed by atoms with Gasteiger partial charge in [0.1, 0.15) is 0 Å². The van der Waals surface area contributed by atoms with Crippen LogP contribution in [0.2, 0.25) is 0 Å². The number of aryl methyl sites for hydroxylation is 4. The van der Waals surface area contributed by atoms with Crippen molar-refractivity contribution in [2.24, 2.45) is 22.0 Å². The van der Waals surface area contributed by atoms with Crippen LogP contribution in [0.15, 0.2) is 46.6 Å². The Bertz CT molecular complexity index is 744. The summed E-state index contributed by atoms with van der Waals surface area (Å²) in [6, 6.07) is 13.0. The molecule has 2 nitrogen and oxygen atoms in total. The van der Waals surface area contributed by atoms with Gasteiger partial charge in [0.05, 0.1) is 12.4 Å². The zero-order chi connectivity index (χ0) is 20.5. The summed E-state index contributed by atoms with van der Waals surface area (Å²) >= 11 is 0. The van der Waals surface area contributed by atoms with Crippen molar-refractivity contribution in [3.8, 4) is 0 Å². The van der Waals surface area contributed by atoms with Crippen molar-refractivity contribution in [1.82, 2.24) is 0 Å². The highest BCUT2D eigenvalue weighted by Crippen LogP contribution is 2.18. The first-order chi connectivity index (χ1) is 13.4. The van der Waals surface area contributed by atoms with E-state index < -0.39 is 0 Å². The minimum atomic E-state index is 0.702. The molecular formula is C26H36N2. The third-order valence-corrected chi connectivity index (χ3v) is 5.25. The monoisotopic (exact) mass is 376 g/mol. The van der Waals surface area contributed by atoms with E-state index in [1.165, 1.54) is 46.2 Å². The zero-order valence-electron chi connectivity index (χ0n) is 18.5. The number of hydrogen-bond acceptors (Lipinski definition) is 2. The quantitative estimate of drug-likeness (QED) is 0.335. The average Bonchev–Trinajstić information content (AvgIpc) is 2.64. The first kappa shape index (κ1) is 22.1. The second-order valence-electron chi connectivity index (χ2n) is 8.65. The summed E-state index contributed by atoms with van der Waals surface area (Å²) in [5, 5.41) is 8.81. The van der Waals surface area contributed by atoms with Crippen LogP contribution in [0.1, 0.15) is 73.9 Å². The first-order valence-corrected chi connectivity index (χ1v) is 10.6. The van der Waals surface area contributed by atoms with E-state index in [9.17, 15) is 0 Å². The minimum Gasteiger partial charge on any atom is -0.158 e. The van der Waals surface area contributed by atoms with Crippen molar-refractivity contribution in [2.45, 2.75) is 67.2 Å². The Kier molecular flexibility index (Phi) is 8.63. The molecule has 0 atom stereocenters. The maximum atomic E-state index is 4.41. The van der Waals surface area contributed by atoms with Gasteiger partial charge in [-0.15, -0.1) is 0 Å². The molecule has 0 aromatic heterocycles. The van der Waals surface area contributed by atoms with Gasteiger partial charge >= 0.3 is 0 Å². The molecule has 0 aliphatic heterocycles. The smallest absolute Gasteiger partial charge is 0.0573 e. The van der Waals surface area contributed by atoms with Crippen LogP contribution in [0.3, 0.4) is 0 Å². The molecule has 0 amide bonds. The molecule has 0 heterocycles. The molecule has 0 aliphatic rings. The highest BCUT2D eigenvalue weighted by Gasteiger charge is 2.06. The van der Waals surface area contributed by atoms with E-state index in [1.807, 2.05) is 12.4 Å². The van der Waals surface area contributed by atoms with Gasteiger partial charge in [0.25, 0.3) is 0 Å². The van der Waals surface area contributed by atoms with Gasteiger partial charge in [-0.2, -0.15) is 10.2 Å². The van der Waals surface area contributed by atoms with Gasteiger partial charge < -0.3 is 0 Å². The van der Waals surface area contributed by atoms with Crippen LogP contribution in [0.25, 0.3) is 0 Å². The molecule has 0 unspecified atom stereocenters. The van der Waals surface area contributed by atoms with Gasteiger partial charge in [-0.3, -0.25) is 0 Å². The summed E-state index contributed by atoms with van der Waals surface area (Å²) in [4.78, 5) is 0. The van der Waals surface area contributed by atoms with Crippen molar-refractivity contribution in [2.75, 3.05) is 0 Å². The van der Waals surface area contributed by atoms with Crippen molar-refractivity contribution in [1.29, 1.82) is 0 Å². The molecule has 0 N–H and O–H groups in total. The minimum absolute atomic E-state index is 0.702. The average molecular weight is 377 g/mol. The van der Waals surface area contributed by atoms with Crippen LogP contribution in [0.5, 0.6) is 0 Å². The molecule has 2 aromatic rings. The van der Waals surface area contributed by atoms with E-state index in [0.717, 1.165) is 12.8 Å². The van der Waals surface area contributed by atoms with Gasteiger partial charge in [-0.25, -0.2) is 0 Å². The molecule has 0 saturated carbocycles. The standard InChI is InChI=1S/C26H36N2/c1-19(2)13-15-23-11-7-9-21(5)25(23)17-27-28-18-26-22(6)10-8-12-24(26)16-14-20(3)4/h7-12,17-20H,13-16H2,1-6H3/b27-17+,28-18+. The normalized spacial score (nSPS) is 12.1. The molecule has 0 fully saturated rings. The Balaban J connectivity index is 2.18. The molecule has 28 heavy (non-hydrogen) atoms. The fourth-order valence-corrected chi connectivity index (χ4v) is 3.36. The lowest BCUT2D eigenvalue weighted by Gasteiger charge is -2.10. The summed E-state index contributed by atoms with van der Waals surface area (Å²) in [5.41, 5.74) is 7.67. The highest BCUT2D eigenvalue weighted by atomic mass is 15.2. The SMILES string of the molecule is Cc1cccc(CCC(C)C)c1/C=N/N=C/c1c(C)cccc1CCC(C)C. The first-order valence-electron chi connectivity index (χ1n) is 10.6. The Morgan fingerprint density at radius 2 is 1.07 bits per heavy atom. The fourth-order valence-electron chi connectivity index (χ4n) is 3.36. The van der Waals surface area contributed by atoms with E-state index in [1.54, 1.807) is 0 Å². The van der Waals surface area contributed by atoms with Gasteiger partial charge in [-0.05, 0) is 73.6 Å². The predicted octanol–water partition coefficient (Wildman–Crippen LogP) is 6.93. The van der Waals surface area contributed by atoms with Crippen LogP contribution in [0, 0.1) is 25.7 Å². The fraction of sp³-hybridized carbons (Fsp3) is 0.462. The van der Waals surface area contributed by atoms with Gasteiger partial charge in [0, 0.05) is 11.1 Å². The highest BCUT2D eigenvalue weighted by molar-refractivity contribution is 5.86. The second kappa shape index (κ2) is 10.9. The largest absolute Gasteiger partial charge is 0.158 e. The maximum Gasteiger partial charge on any atom is 0.0573 e. The molecule has 150 valence electrons. The van der Waals surface area contributed by atoms with E-state index in [4.69, 9.17) is 0 Å². The van der Waals surface area contributed by atoms with E-state index in [0.29, 0.717) is 11.8 Å². The number of benzene rings is 2. The van der Waals surface area contributed by atoms with Crippen LogP contribution >= 0.6 is 0 Å². The van der Waals surface area contributed by atoms with Crippen molar-refractivity contribution >= 4 is 12.4 Å². The van der Waals surface area contributed by atoms with E-state index >= 15 is 0 Å².